The van der Waals surface area contributed by atoms with E-state index >= 15 is 0 Å². The highest BCUT2D eigenvalue weighted by atomic mass is 16.2. The van der Waals surface area contributed by atoms with Crippen LogP contribution in [0.2, 0.25) is 0 Å². The third-order valence-electron chi connectivity index (χ3n) is 2.92. The Kier molecular flexibility index (Phi) is 3.96. The topological polar surface area (TPSA) is 83.8 Å². The van der Waals surface area contributed by atoms with Gasteiger partial charge in [-0.25, -0.2) is 5.84 Å². The van der Waals surface area contributed by atoms with Crippen LogP contribution < -0.4 is 11.3 Å². The van der Waals surface area contributed by atoms with Gasteiger partial charge in [-0.1, -0.05) is 24.3 Å². The first-order chi connectivity index (χ1) is 9.24. The number of nitriles is 1. The monoisotopic (exact) mass is 254 g/mol. The van der Waals surface area contributed by atoms with Crippen LogP contribution in [0.1, 0.15) is 16.8 Å². The average Bonchev–Trinajstić information content (AvgIpc) is 2.88. The number of aromatic nitrogens is 1. The van der Waals surface area contributed by atoms with Gasteiger partial charge in [-0.2, -0.15) is 5.26 Å². The van der Waals surface area contributed by atoms with Gasteiger partial charge < -0.3 is 4.57 Å². The number of nitrogens with two attached hydrogens (primary N) is 1. The number of hydrogen-bond donors (Lipinski definition) is 2. The van der Waals surface area contributed by atoms with E-state index < -0.39 is 0 Å². The summed E-state index contributed by atoms with van der Waals surface area (Å²) in [5.74, 6) is 4.87. The van der Waals surface area contributed by atoms with Gasteiger partial charge in [0.25, 0.3) is 0 Å². The molecule has 2 aromatic rings. The fourth-order valence-electron chi connectivity index (χ4n) is 1.95. The summed E-state index contributed by atoms with van der Waals surface area (Å²) in [6.45, 7) is 0.559. The zero-order valence-electron chi connectivity index (χ0n) is 10.3. The van der Waals surface area contributed by atoms with E-state index in [1.165, 1.54) is 0 Å². The van der Waals surface area contributed by atoms with Crippen molar-refractivity contribution in [2.45, 2.75) is 13.0 Å². The highest BCUT2D eigenvalue weighted by molar-refractivity contribution is 5.78. The number of rotatable bonds is 4. The molecule has 19 heavy (non-hydrogen) atoms. The van der Waals surface area contributed by atoms with E-state index in [2.05, 4.69) is 11.5 Å². The summed E-state index contributed by atoms with van der Waals surface area (Å²) in [6.07, 6.45) is 2.08. The van der Waals surface area contributed by atoms with Crippen molar-refractivity contribution >= 4 is 5.91 Å². The molecule has 0 atom stereocenters. The molecule has 0 saturated carbocycles. The summed E-state index contributed by atoms with van der Waals surface area (Å²) in [4.78, 5) is 11.4. The maximum absolute atomic E-state index is 11.4. The Hall–Kier alpha value is -2.58. The van der Waals surface area contributed by atoms with Crippen molar-refractivity contribution in [2.24, 2.45) is 5.84 Å². The first kappa shape index (κ1) is 12.9. The standard InChI is InChI=1S/C14H14N4O/c15-9-13-6-3-7-18(13)10-12-5-2-1-4-11(12)8-14(19)17-16/h1-7H,8,10,16H2,(H,17,19). The van der Waals surface area contributed by atoms with Gasteiger partial charge >= 0.3 is 0 Å². The van der Waals surface area contributed by atoms with Gasteiger partial charge in [-0.15, -0.1) is 0 Å². The van der Waals surface area contributed by atoms with E-state index in [9.17, 15) is 4.79 Å². The van der Waals surface area contributed by atoms with Gasteiger partial charge in [0.15, 0.2) is 0 Å². The van der Waals surface area contributed by atoms with Crippen LogP contribution in [0.15, 0.2) is 42.6 Å². The number of hydrogen-bond acceptors (Lipinski definition) is 3. The van der Waals surface area contributed by atoms with Crippen molar-refractivity contribution in [1.82, 2.24) is 9.99 Å². The summed E-state index contributed by atoms with van der Waals surface area (Å²) >= 11 is 0. The molecule has 0 saturated heterocycles. The third-order valence-corrected chi connectivity index (χ3v) is 2.92. The molecule has 5 heteroatoms. The van der Waals surface area contributed by atoms with Crippen molar-refractivity contribution < 1.29 is 4.79 Å². The second-order valence-electron chi connectivity index (χ2n) is 4.15. The molecule has 1 amide bonds. The third kappa shape index (κ3) is 3.00. The van der Waals surface area contributed by atoms with E-state index in [0.29, 0.717) is 12.2 Å². The Balaban J connectivity index is 2.26. The summed E-state index contributed by atoms with van der Waals surface area (Å²) in [5, 5.41) is 8.99. The van der Waals surface area contributed by atoms with Gasteiger partial charge in [0, 0.05) is 12.7 Å². The molecule has 5 nitrogen and oxygen atoms in total. The molecule has 96 valence electrons. The molecule has 3 N–H and O–H groups in total. The number of nitrogens with zero attached hydrogens (tertiary/aromatic N) is 2. The summed E-state index contributed by atoms with van der Waals surface area (Å²) in [5.41, 5.74) is 4.62. The molecular weight excluding hydrogens is 240 g/mol. The zero-order chi connectivity index (χ0) is 13.7. The Morgan fingerprint density at radius 2 is 2.00 bits per heavy atom. The number of nitrogens with one attached hydrogen (secondary N) is 1. The minimum atomic E-state index is -0.236. The quantitative estimate of drug-likeness (QED) is 0.484. The number of amides is 1. The highest BCUT2D eigenvalue weighted by Crippen LogP contribution is 2.13. The van der Waals surface area contributed by atoms with Crippen LogP contribution in [0.5, 0.6) is 0 Å². The van der Waals surface area contributed by atoms with Crippen molar-refractivity contribution in [3.8, 4) is 6.07 Å². The number of hydrazine groups is 1. The molecule has 0 fully saturated rings. The Labute approximate surface area is 111 Å². The zero-order valence-corrected chi connectivity index (χ0v) is 10.3. The maximum atomic E-state index is 11.4. The van der Waals surface area contributed by atoms with Crippen molar-refractivity contribution in [1.29, 1.82) is 5.26 Å². The highest BCUT2D eigenvalue weighted by Gasteiger charge is 2.08. The largest absolute Gasteiger partial charge is 0.335 e. The Morgan fingerprint density at radius 1 is 1.26 bits per heavy atom. The number of carbonyl (C=O) groups excluding carboxylic acids is 1. The van der Waals surface area contributed by atoms with E-state index in [1.807, 2.05) is 41.1 Å². The molecule has 0 aliphatic heterocycles. The lowest BCUT2D eigenvalue weighted by atomic mass is 10.0. The number of benzene rings is 1. The summed E-state index contributed by atoms with van der Waals surface area (Å²) < 4.78 is 1.85. The normalized spacial score (nSPS) is 9.89. The van der Waals surface area contributed by atoms with Gasteiger partial charge in [0.05, 0.1) is 6.42 Å². The predicted molar refractivity (Wildman–Crippen MR) is 70.7 cm³/mol. The lowest BCUT2D eigenvalue weighted by Gasteiger charge is -2.10. The molecule has 0 bridgehead atoms. The van der Waals surface area contributed by atoms with Crippen LogP contribution in [-0.4, -0.2) is 10.5 Å². The fourth-order valence-corrected chi connectivity index (χ4v) is 1.95. The first-order valence-corrected chi connectivity index (χ1v) is 5.86. The lowest BCUT2D eigenvalue weighted by Crippen LogP contribution is -2.31. The Bertz CT molecular complexity index is 624. The molecule has 1 aromatic heterocycles. The fraction of sp³-hybridized carbons (Fsp3) is 0.143. The second kappa shape index (κ2) is 5.85. The molecule has 0 radical (unpaired) electrons. The molecule has 2 rings (SSSR count). The van der Waals surface area contributed by atoms with Crippen molar-refractivity contribution in [3.05, 3.63) is 59.4 Å². The van der Waals surface area contributed by atoms with Crippen LogP contribution in [0, 0.1) is 11.3 Å². The maximum Gasteiger partial charge on any atom is 0.238 e. The first-order valence-electron chi connectivity index (χ1n) is 5.86. The number of carbonyl (C=O) groups is 1. The predicted octanol–water partition coefficient (Wildman–Crippen LogP) is 0.940. The summed E-state index contributed by atoms with van der Waals surface area (Å²) in [6, 6.07) is 13.3. The molecular formula is C14H14N4O. The lowest BCUT2D eigenvalue weighted by molar-refractivity contribution is -0.120. The van der Waals surface area contributed by atoms with Gasteiger partial charge in [0.2, 0.25) is 5.91 Å². The van der Waals surface area contributed by atoms with Crippen LogP contribution in [0.3, 0.4) is 0 Å². The Morgan fingerprint density at radius 3 is 2.68 bits per heavy atom. The second-order valence-corrected chi connectivity index (χ2v) is 4.15. The van der Waals surface area contributed by atoms with Crippen LogP contribution in [0.25, 0.3) is 0 Å². The smallest absolute Gasteiger partial charge is 0.238 e. The van der Waals surface area contributed by atoms with Crippen LogP contribution in [0.4, 0.5) is 0 Å². The van der Waals surface area contributed by atoms with Crippen molar-refractivity contribution in [3.63, 3.8) is 0 Å². The van der Waals surface area contributed by atoms with Gasteiger partial charge in [0.1, 0.15) is 11.8 Å². The average molecular weight is 254 g/mol. The van der Waals surface area contributed by atoms with E-state index in [-0.39, 0.29) is 12.3 Å². The van der Waals surface area contributed by atoms with Crippen LogP contribution >= 0.6 is 0 Å². The molecule has 0 unspecified atom stereocenters. The van der Waals surface area contributed by atoms with Crippen LogP contribution in [-0.2, 0) is 17.8 Å². The minimum Gasteiger partial charge on any atom is -0.335 e. The molecule has 0 aliphatic rings. The van der Waals surface area contributed by atoms with E-state index in [4.69, 9.17) is 11.1 Å². The SMILES string of the molecule is N#Cc1cccn1Cc1ccccc1CC(=O)NN. The molecule has 1 aromatic carbocycles. The molecule has 1 heterocycles. The van der Waals surface area contributed by atoms with Gasteiger partial charge in [-0.05, 0) is 23.3 Å². The van der Waals surface area contributed by atoms with E-state index in [1.54, 1.807) is 6.07 Å². The van der Waals surface area contributed by atoms with E-state index in [0.717, 1.165) is 11.1 Å². The minimum absolute atomic E-state index is 0.232. The summed E-state index contributed by atoms with van der Waals surface area (Å²) in [7, 11) is 0. The van der Waals surface area contributed by atoms with Crippen molar-refractivity contribution in [2.75, 3.05) is 0 Å². The molecule has 0 spiro atoms. The molecule has 0 aliphatic carbocycles. The van der Waals surface area contributed by atoms with Gasteiger partial charge in [-0.3, -0.25) is 10.2 Å².